The van der Waals surface area contributed by atoms with Crippen LogP contribution >= 0.6 is 0 Å². The highest BCUT2D eigenvalue weighted by Gasteiger charge is 2.25. The normalized spacial score (nSPS) is 14.6. The molecular weight excluding hydrogens is 268 g/mol. The van der Waals surface area contributed by atoms with E-state index in [4.69, 9.17) is 5.11 Å². The van der Waals surface area contributed by atoms with Gasteiger partial charge in [-0.2, -0.15) is 0 Å². The molecular formula is C16H20N2O3. The van der Waals surface area contributed by atoms with Crippen LogP contribution in [0.2, 0.25) is 0 Å². The second-order valence-electron chi connectivity index (χ2n) is 5.34. The van der Waals surface area contributed by atoms with Crippen molar-refractivity contribution < 1.29 is 14.7 Å². The van der Waals surface area contributed by atoms with Crippen LogP contribution in [0.15, 0.2) is 35.9 Å². The molecule has 1 N–H and O–H groups in total. The number of benzene rings is 1. The van der Waals surface area contributed by atoms with Crippen LogP contribution in [0.3, 0.4) is 0 Å². The Morgan fingerprint density at radius 3 is 2.43 bits per heavy atom. The maximum absolute atomic E-state index is 12.6. The van der Waals surface area contributed by atoms with Crippen molar-refractivity contribution in [1.29, 1.82) is 0 Å². The maximum Gasteiger partial charge on any atom is 0.325 e. The molecule has 0 radical (unpaired) electrons. The van der Waals surface area contributed by atoms with Gasteiger partial charge < -0.3 is 10.0 Å². The fourth-order valence-corrected chi connectivity index (χ4v) is 2.24. The van der Waals surface area contributed by atoms with Gasteiger partial charge in [-0.05, 0) is 32.4 Å². The number of carboxylic acid groups (broad SMARTS) is 1. The highest BCUT2D eigenvalue weighted by Crippen LogP contribution is 2.19. The van der Waals surface area contributed by atoms with Crippen molar-refractivity contribution in [3.8, 4) is 0 Å². The molecule has 2 amide bonds. The van der Waals surface area contributed by atoms with Gasteiger partial charge in [0, 0.05) is 18.8 Å². The lowest BCUT2D eigenvalue weighted by Gasteiger charge is -2.31. The van der Waals surface area contributed by atoms with E-state index < -0.39 is 5.97 Å². The van der Waals surface area contributed by atoms with E-state index in [0.29, 0.717) is 18.8 Å². The van der Waals surface area contributed by atoms with Crippen molar-refractivity contribution in [2.45, 2.75) is 20.3 Å². The maximum atomic E-state index is 12.6. The first-order chi connectivity index (χ1) is 9.97. The summed E-state index contributed by atoms with van der Waals surface area (Å²) in [4.78, 5) is 26.6. The molecule has 0 saturated carbocycles. The summed E-state index contributed by atoms with van der Waals surface area (Å²) < 4.78 is 0. The number of aryl methyl sites for hydroxylation is 1. The molecule has 2 rings (SSSR count). The first-order valence-electron chi connectivity index (χ1n) is 6.98. The van der Waals surface area contributed by atoms with Crippen LogP contribution < -0.4 is 4.90 Å². The topological polar surface area (TPSA) is 60.9 Å². The Bertz CT molecular complexity index is 563. The molecule has 0 bridgehead atoms. The summed E-state index contributed by atoms with van der Waals surface area (Å²) in [7, 11) is 0. The van der Waals surface area contributed by atoms with Gasteiger partial charge in [-0.3, -0.25) is 9.69 Å². The summed E-state index contributed by atoms with van der Waals surface area (Å²) in [6, 6.07) is 7.04. The summed E-state index contributed by atoms with van der Waals surface area (Å²) in [6.07, 6.45) is 2.84. The molecule has 0 atom stereocenters. The number of anilines is 1. The lowest BCUT2D eigenvalue weighted by molar-refractivity contribution is -0.135. The van der Waals surface area contributed by atoms with Crippen molar-refractivity contribution in [2.75, 3.05) is 24.5 Å². The number of carbonyl (C=O) groups is 2. The number of nitrogens with zero attached hydrogens (tertiary/aromatic N) is 2. The van der Waals surface area contributed by atoms with E-state index in [1.165, 1.54) is 10.5 Å². The average molecular weight is 288 g/mol. The summed E-state index contributed by atoms with van der Waals surface area (Å²) in [5.74, 6) is -1.02. The van der Waals surface area contributed by atoms with Crippen LogP contribution in [0.1, 0.15) is 18.9 Å². The van der Waals surface area contributed by atoms with Crippen LogP contribution in [0.4, 0.5) is 10.5 Å². The molecule has 1 heterocycles. The van der Waals surface area contributed by atoms with E-state index in [1.807, 2.05) is 32.1 Å². The van der Waals surface area contributed by atoms with Crippen molar-refractivity contribution in [2.24, 2.45) is 0 Å². The van der Waals surface area contributed by atoms with Crippen LogP contribution in [0.5, 0.6) is 0 Å². The molecule has 1 aliphatic rings. The van der Waals surface area contributed by atoms with E-state index in [-0.39, 0.29) is 12.6 Å². The van der Waals surface area contributed by atoms with Crippen LogP contribution in [-0.2, 0) is 4.79 Å². The number of urea groups is 1. The lowest BCUT2D eigenvalue weighted by Crippen LogP contribution is -2.47. The second kappa shape index (κ2) is 6.43. The van der Waals surface area contributed by atoms with E-state index >= 15 is 0 Å². The SMILES string of the molecule is CC1=CCN(C(=O)N(CC(=O)O)c2ccc(C)cc2)CC1. The fraction of sp³-hybridized carbons (Fsp3) is 0.375. The molecule has 1 aromatic carbocycles. The zero-order valence-corrected chi connectivity index (χ0v) is 12.4. The van der Waals surface area contributed by atoms with Gasteiger partial charge in [-0.25, -0.2) is 4.79 Å². The minimum atomic E-state index is -1.02. The number of carboxylic acids is 1. The molecule has 0 aliphatic carbocycles. The number of amides is 2. The van der Waals surface area contributed by atoms with Gasteiger partial charge in [0.05, 0.1) is 0 Å². The molecule has 0 fully saturated rings. The molecule has 5 heteroatoms. The third-order valence-electron chi connectivity index (χ3n) is 3.58. The average Bonchev–Trinajstić information content (AvgIpc) is 2.46. The molecule has 5 nitrogen and oxygen atoms in total. The monoisotopic (exact) mass is 288 g/mol. The number of carbonyl (C=O) groups excluding carboxylic acids is 1. The summed E-state index contributed by atoms with van der Waals surface area (Å²) in [6.45, 7) is 4.82. The number of aliphatic carboxylic acids is 1. The molecule has 0 aromatic heterocycles. The Balaban J connectivity index is 2.21. The van der Waals surface area contributed by atoms with Crippen molar-refractivity contribution >= 4 is 17.7 Å². The van der Waals surface area contributed by atoms with E-state index in [0.717, 1.165) is 12.0 Å². The first kappa shape index (κ1) is 15.1. The number of hydrogen-bond acceptors (Lipinski definition) is 2. The predicted octanol–water partition coefficient (Wildman–Crippen LogP) is 2.66. The molecule has 0 unspecified atom stereocenters. The Morgan fingerprint density at radius 1 is 1.24 bits per heavy atom. The van der Waals surface area contributed by atoms with Gasteiger partial charge in [-0.15, -0.1) is 0 Å². The summed E-state index contributed by atoms with van der Waals surface area (Å²) >= 11 is 0. The smallest absolute Gasteiger partial charge is 0.325 e. The lowest BCUT2D eigenvalue weighted by atomic mass is 10.1. The van der Waals surface area contributed by atoms with Crippen molar-refractivity contribution in [3.63, 3.8) is 0 Å². The van der Waals surface area contributed by atoms with Crippen LogP contribution in [-0.4, -0.2) is 41.6 Å². The largest absolute Gasteiger partial charge is 0.480 e. The zero-order valence-electron chi connectivity index (χ0n) is 12.4. The summed E-state index contributed by atoms with van der Waals surface area (Å²) in [5, 5.41) is 9.06. The highest BCUT2D eigenvalue weighted by molar-refractivity contribution is 5.96. The molecule has 1 aromatic rings. The molecule has 1 aliphatic heterocycles. The van der Waals surface area contributed by atoms with Gasteiger partial charge in [0.2, 0.25) is 0 Å². The van der Waals surface area contributed by atoms with Gasteiger partial charge in [0.15, 0.2) is 0 Å². The van der Waals surface area contributed by atoms with Gasteiger partial charge >= 0.3 is 12.0 Å². The molecule has 0 spiro atoms. The number of rotatable bonds is 3. The zero-order chi connectivity index (χ0) is 15.4. The molecule has 112 valence electrons. The number of hydrogen-bond donors (Lipinski definition) is 1. The van der Waals surface area contributed by atoms with E-state index in [9.17, 15) is 9.59 Å². The van der Waals surface area contributed by atoms with Gasteiger partial charge in [-0.1, -0.05) is 29.3 Å². The highest BCUT2D eigenvalue weighted by atomic mass is 16.4. The predicted molar refractivity (Wildman–Crippen MR) is 81.5 cm³/mol. The van der Waals surface area contributed by atoms with Gasteiger partial charge in [0.25, 0.3) is 0 Å². The Hall–Kier alpha value is -2.30. The fourth-order valence-electron chi connectivity index (χ4n) is 2.24. The Morgan fingerprint density at radius 2 is 1.90 bits per heavy atom. The summed E-state index contributed by atoms with van der Waals surface area (Å²) in [5.41, 5.74) is 2.94. The van der Waals surface area contributed by atoms with Crippen LogP contribution in [0, 0.1) is 6.92 Å². The van der Waals surface area contributed by atoms with E-state index in [1.54, 1.807) is 17.0 Å². The Kier molecular flexibility index (Phi) is 4.62. The minimum Gasteiger partial charge on any atom is -0.480 e. The standard InChI is InChI=1S/C16H20N2O3/c1-12-3-5-14(6-4-12)18(11-15(19)20)16(21)17-9-7-13(2)8-10-17/h3-7H,8-11H2,1-2H3,(H,19,20). The second-order valence-corrected chi connectivity index (χ2v) is 5.34. The molecule has 21 heavy (non-hydrogen) atoms. The van der Waals surface area contributed by atoms with Gasteiger partial charge in [0.1, 0.15) is 6.54 Å². The first-order valence-corrected chi connectivity index (χ1v) is 6.98. The molecule has 0 saturated heterocycles. The van der Waals surface area contributed by atoms with Crippen molar-refractivity contribution in [3.05, 3.63) is 41.5 Å². The minimum absolute atomic E-state index is 0.259. The third-order valence-corrected chi connectivity index (χ3v) is 3.58. The van der Waals surface area contributed by atoms with E-state index in [2.05, 4.69) is 0 Å². The Labute approximate surface area is 124 Å². The van der Waals surface area contributed by atoms with Crippen LogP contribution in [0.25, 0.3) is 0 Å². The third kappa shape index (κ3) is 3.84. The van der Waals surface area contributed by atoms with Crippen molar-refractivity contribution in [1.82, 2.24) is 4.90 Å². The quantitative estimate of drug-likeness (QED) is 0.870.